The quantitative estimate of drug-likeness (QED) is 0.225. The van der Waals surface area contributed by atoms with Gasteiger partial charge in [0.05, 0.1) is 5.52 Å². The first kappa shape index (κ1) is 22.6. The fourth-order valence-electron chi connectivity index (χ4n) is 4.80. The minimum absolute atomic E-state index is 0.0533. The van der Waals surface area contributed by atoms with E-state index in [1.807, 2.05) is 49.4 Å². The van der Waals surface area contributed by atoms with Gasteiger partial charge in [0.2, 0.25) is 0 Å². The van der Waals surface area contributed by atoms with Crippen molar-refractivity contribution in [2.24, 2.45) is 5.92 Å². The number of Topliss-reactive ketones (excluding diaryl/α,β-unsaturated/α-hetero) is 1. The van der Waals surface area contributed by atoms with E-state index in [9.17, 15) is 14.8 Å². The van der Waals surface area contributed by atoms with Crippen LogP contribution >= 0.6 is 15.9 Å². The van der Waals surface area contributed by atoms with Gasteiger partial charge in [0.15, 0.2) is 5.78 Å². The van der Waals surface area contributed by atoms with E-state index in [1.54, 1.807) is 6.07 Å². The lowest BCUT2D eigenvalue weighted by molar-refractivity contribution is -0.146. The van der Waals surface area contributed by atoms with Gasteiger partial charge in [-0.25, -0.2) is 0 Å². The number of nitrogens with zero attached hydrogens (tertiary/aromatic N) is 1. The van der Waals surface area contributed by atoms with Crippen molar-refractivity contribution in [1.29, 1.82) is 0 Å². The normalized spacial score (nSPS) is 18.6. The maximum atomic E-state index is 12.4. The van der Waals surface area contributed by atoms with Crippen molar-refractivity contribution in [3.8, 4) is 0 Å². The Bertz CT molecular complexity index is 1120. The molecule has 1 fully saturated rings. The number of aromatic nitrogens is 1. The van der Waals surface area contributed by atoms with Crippen LogP contribution in [0.2, 0.25) is 0 Å². The summed E-state index contributed by atoms with van der Waals surface area (Å²) in [7, 11) is 0. The van der Waals surface area contributed by atoms with E-state index in [4.69, 9.17) is 4.74 Å². The lowest BCUT2D eigenvalue weighted by Gasteiger charge is -2.29. The van der Waals surface area contributed by atoms with Crippen molar-refractivity contribution in [3.05, 3.63) is 69.8 Å². The first-order valence-electron chi connectivity index (χ1n) is 11.2. The molecule has 168 valence electrons. The Morgan fingerprint density at radius 3 is 2.69 bits per heavy atom. The molecule has 1 saturated carbocycles. The highest BCUT2D eigenvalue weighted by Crippen LogP contribution is 2.44. The second-order valence-corrected chi connectivity index (χ2v) is 9.36. The van der Waals surface area contributed by atoms with E-state index in [-0.39, 0.29) is 23.6 Å². The number of ketones is 1. The van der Waals surface area contributed by atoms with Crippen molar-refractivity contribution < 1.29 is 19.5 Å². The number of fused-ring (bicyclic) bond motifs is 1. The van der Waals surface area contributed by atoms with E-state index in [1.165, 1.54) is 0 Å². The lowest BCUT2D eigenvalue weighted by Crippen LogP contribution is -2.19. The summed E-state index contributed by atoms with van der Waals surface area (Å²) in [6, 6.07) is 15.2. The van der Waals surface area contributed by atoms with Gasteiger partial charge in [-0.15, -0.1) is 0 Å². The summed E-state index contributed by atoms with van der Waals surface area (Å²) in [4.78, 5) is 24.5. The maximum Gasteiger partial charge on any atom is 0.306 e. The van der Waals surface area contributed by atoms with E-state index >= 15 is 0 Å². The molecule has 2 unspecified atom stereocenters. The SMILES string of the molecule is CCC(=O)c1ccc2c(C3CCCC(CC(=O)OCc4ccccc4)C3)c(Br)n(O)c2c1. The van der Waals surface area contributed by atoms with Gasteiger partial charge < -0.3 is 9.94 Å². The highest BCUT2D eigenvalue weighted by molar-refractivity contribution is 9.10. The molecule has 2 aromatic carbocycles. The molecule has 2 atom stereocenters. The third-order valence-electron chi connectivity index (χ3n) is 6.46. The van der Waals surface area contributed by atoms with Crippen molar-refractivity contribution in [3.63, 3.8) is 0 Å². The monoisotopic (exact) mass is 497 g/mol. The summed E-state index contributed by atoms with van der Waals surface area (Å²) in [5.74, 6) is 0.374. The molecule has 1 heterocycles. The summed E-state index contributed by atoms with van der Waals surface area (Å²) < 4.78 is 7.26. The summed E-state index contributed by atoms with van der Waals surface area (Å²) in [6.45, 7) is 2.14. The number of esters is 1. The zero-order valence-electron chi connectivity index (χ0n) is 18.2. The van der Waals surface area contributed by atoms with E-state index in [0.29, 0.717) is 35.1 Å². The van der Waals surface area contributed by atoms with Gasteiger partial charge in [-0.05, 0) is 64.2 Å². The van der Waals surface area contributed by atoms with E-state index in [0.717, 1.165) is 46.9 Å². The van der Waals surface area contributed by atoms with Crippen LogP contribution in [0.5, 0.6) is 0 Å². The minimum Gasteiger partial charge on any atom is -0.461 e. The average Bonchev–Trinajstić information content (AvgIpc) is 3.07. The molecule has 0 aliphatic heterocycles. The number of ether oxygens (including phenoxy) is 1. The Morgan fingerprint density at radius 2 is 1.94 bits per heavy atom. The Morgan fingerprint density at radius 1 is 1.16 bits per heavy atom. The lowest BCUT2D eigenvalue weighted by atomic mass is 9.76. The summed E-state index contributed by atoms with van der Waals surface area (Å²) in [5, 5.41) is 11.6. The molecule has 0 bridgehead atoms. The Balaban J connectivity index is 1.47. The molecule has 5 nitrogen and oxygen atoms in total. The number of carbonyl (C=O) groups excluding carboxylic acids is 2. The van der Waals surface area contributed by atoms with Gasteiger partial charge in [-0.3, -0.25) is 9.59 Å². The first-order valence-corrected chi connectivity index (χ1v) is 12.0. The standard InChI is InChI=1S/C26H28BrNO4/c1-2-23(29)19-11-12-21-22(15-19)28(31)26(27)25(21)20-10-6-9-18(13-20)14-24(30)32-16-17-7-4-3-5-8-17/h3-5,7-8,11-12,15,18,20,31H,2,6,9-10,13-14,16H2,1H3. The third kappa shape index (κ3) is 4.75. The van der Waals surface area contributed by atoms with Crippen LogP contribution in [0.3, 0.4) is 0 Å². The van der Waals surface area contributed by atoms with Crippen molar-refractivity contribution >= 4 is 38.6 Å². The number of carbonyl (C=O) groups is 2. The molecule has 6 heteroatoms. The molecule has 1 aliphatic carbocycles. The molecule has 4 rings (SSSR count). The predicted octanol–water partition coefficient (Wildman–Crippen LogP) is 6.64. The molecule has 0 amide bonds. The smallest absolute Gasteiger partial charge is 0.306 e. The zero-order chi connectivity index (χ0) is 22.7. The van der Waals surface area contributed by atoms with Crippen molar-refractivity contribution in [1.82, 2.24) is 4.73 Å². The van der Waals surface area contributed by atoms with Gasteiger partial charge in [-0.2, -0.15) is 4.73 Å². The Hall–Kier alpha value is -2.60. The molecule has 0 spiro atoms. The van der Waals surface area contributed by atoms with Crippen LogP contribution in [0.1, 0.15) is 72.9 Å². The molecule has 32 heavy (non-hydrogen) atoms. The van der Waals surface area contributed by atoms with Gasteiger partial charge in [0.25, 0.3) is 0 Å². The fourth-order valence-corrected chi connectivity index (χ4v) is 5.53. The highest BCUT2D eigenvalue weighted by Gasteiger charge is 2.30. The van der Waals surface area contributed by atoms with Gasteiger partial charge in [-0.1, -0.05) is 55.8 Å². The maximum absolute atomic E-state index is 12.4. The molecule has 1 aromatic heterocycles. The van der Waals surface area contributed by atoms with Crippen LogP contribution in [0, 0.1) is 5.92 Å². The largest absolute Gasteiger partial charge is 0.461 e. The van der Waals surface area contributed by atoms with Crippen LogP contribution in [0.15, 0.2) is 53.1 Å². The molecular formula is C26H28BrNO4. The highest BCUT2D eigenvalue weighted by atomic mass is 79.9. The summed E-state index contributed by atoms with van der Waals surface area (Å²) >= 11 is 3.57. The summed E-state index contributed by atoms with van der Waals surface area (Å²) in [6.07, 6.45) is 4.74. The van der Waals surface area contributed by atoms with Crippen LogP contribution in [-0.2, 0) is 16.1 Å². The van der Waals surface area contributed by atoms with Crippen LogP contribution in [-0.4, -0.2) is 21.7 Å². The van der Waals surface area contributed by atoms with Gasteiger partial charge >= 0.3 is 5.97 Å². The number of halogens is 1. The van der Waals surface area contributed by atoms with Crippen LogP contribution < -0.4 is 0 Å². The second kappa shape index (κ2) is 9.90. The first-order chi connectivity index (χ1) is 15.5. The van der Waals surface area contributed by atoms with Crippen LogP contribution in [0.4, 0.5) is 0 Å². The van der Waals surface area contributed by atoms with Crippen molar-refractivity contribution in [2.45, 2.75) is 58.0 Å². The van der Waals surface area contributed by atoms with E-state index in [2.05, 4.69) is 15.9 Å². The molecule has 1 N–H and O–H groups in total. The topological polar surface area (TPSA) is 68.5 Å². The number of benzene rings is 2. The minimum atomic E-state index is -0.161. The van der Waals surface area contributed by atoms with Gasteiger partial charge in [0, 0.05) is 23.8 Å². The van der Waals surface area contributed by atoms with Gasteiger partial charge in [0.1, 0.15) is 11.2 Å². The summed E-state index contributed by atoms with van der Waals surface area (Å²) in [5.41, 5.74) is 3.29. The van der Waals surface area contributed by atoms with Crippen LogP contribution in [0.25, 0.3) is 10.9 Å². The third-order valence-corrected chi connectivity index (χ3v) is 7.22. The fraction of sp³-hybridized carbons (Fsp3) is 0.385. The molecular weight excluding hydrogens is 470 g/mol. The zero-order valence-corrected chi connectivity index (χ0v) is 19.8. The predicted molar refractivity (Wildman–Crippen MR) is 127 cm³/mol. The number of hydrogen-bond acceptors (Lipinski definition) is 4. The Labute approximate surface area is 196 Å². The molecule has 1 aliphatic rings. The second-order valence-electron chi connectivity index (χ2n) is 8.60. The number of hydrogen-bond donors (Lipinski definition) is 1. The molecule has 3 aromatic rings. The van der Waals surface area contributed by atoms with E-state index < -0.39 is 0 Å². The van der Waals surface area contributed by atoms with Crippen molar-refractivity contribution in [2.75, 3.05) is 0 Å². The number of rotatable bonds is 7. The average molecular weight is 498 g/mol. The Kier molecular flexibility index (Phi) is 6.99. The molecule has 0 radical (unpaired) electrons. The molecule has 0 saturated heterocycles.